The Morgan fingerprint density at radius 2 is 2.22 bits per heavy atom. The van der Waals surface area contributed by atoms with Crippen LogP contribution in [0.3, 0.4) is 0 Å². The van der Waals surface area contributed by atoms with Crippen LogP contribution in [-0.2, 0) is 0 Å². The summed E-state index contributed by atoms with van der Waals surface area (Å²) < 4.78 is 6.87. The maximum absolute atomic E-state index is 11.1. The van der Waals surface area contributed by atoms with Crippen molar-refractivity contribution < 1.29 is 14.6 Å². The number of carbonyl (C=O) groups is 1. The maximum Gasteiger partial charge on any atom is 0.339 e. The molecule has 0 spiro atoms. The van der Waals surface area contributed by atoms with Gasteiger partial charge in [0.25, 0.3) is 0 Å². The van der Waals surface area contributed by atoms with Crippen molar-refractivity contribution >= 4 is 44.5 Å². The Labute approximate surface area is 124 Å². The van der Waals surface area contributed by atoms with Crippen LogP contribution in [-0.4, -0.2) is 21.0 Å². The Kier molecular flexibility index (Phi) is 4.12. The molecule has 0 unspecified atom stereocenters. The Morgan fingerprint density at radius 3 is 2.89 bits per heavy atom. The highest BCUT2D eigenvalue weighted by Gasteiger charge is 2.14. The molecule has 0 saturated heterocycles. The number of hydrogen-bond donors (Lipinski definition) is 1. The lowest BCUT2D eigenvalue weighted by molar-refractivity contribution is 0.0694. The number of hydrogen-bond acceptors (Lipinski definition) is 4. The van der Waals surface area contributed by atoms with Gasteiger partial charge >= 0.3 is 5.97 Å². The molecule has 7 heteroatoms. The second-order valence-electron chi connectivity index (χ2n) is 3.22. The molecule has 0 aliphatic rings. The lowest BCUT2D eigenvalue weighted by atomic mass is 10.2. The molecule has 2 rings (SSSR count). The van der Waals surface area contributed by atoms with E-state index >= 15 is 0 Å². The highest BCUT2D eigenvalue weighted by molar-refractivity contribution is 14.1. The molecule has 0 fully saturated rings. The molecule has 92 valence electrons. The van der Waals surface area contributed by atoms with E-state index in [4.69, 9.17) is 9.84 Å². The molecule has 2 aromatic rings. The normalized spacial score (nSPS) is 10.1. The highest BCUT2D eigenvalue weighted by Crippen LogP contribution is 2.29. The zero-order valence-corrected chi connectivity index (χ0v) is 12.5. The Bertz CT molecular complexity index is 607. The fraction of sp³-hybridized carbons (Fsp3) is 0. The van der Waals surface area contributed by atoms with Crippen molar-refractivity contribution in [2.24, 2.45) is 0 Å². The van der Waals surface area contributed by atoms with Crippen LogP contribution in [0.1, 0.15) is 10.4 Å². The van der Waals surface area contributed by atoms with E-state index < -0.39 is 5.97 Å². The predicted octanol–water partition coefficient (Wildman–Crippen LogP) is 3.33. The molecule has 0 aliphatic carbocycles. The molecule has 1 heterocycles. The summed E-state index contributed by atoms with van der Waals surface area (Å²) in [6.45, 7) is 0. The standard InChI is InChI=1S/C11H6BrIN2O3/c12-6-1-2-9(7(3-6)11(16)17)18-10-8(13)4-14-5-15-10/h1-5H,(H,16,17). The summed E-state index contributed by atoms with van der Waals surface area (Å²) in [5, 5.41) is 9.10. The second-order valence-corrected chi connectivity index (χ2v) is 5.30. The molecule has 0 amide bonds. The van der Waals surface area contributed by atoms with Crippen LogP contribution in [0.25, 0.3) is 0 Å². The Morgan fingerprint density at radius 1 is 1.44 bits per heavy atom. The van der Waals surface area contributed by atoms with Crippen molar-refractivity contribution in [2.45, 2.75) is 0 Å². The van der Waals surface area contributed by atoms with Gasteiger partial charge < -0.3 is 9.84 Å². The van der Waals surface area contributed by atoms with Crippen LogP contribution in [0.2, 0.25) is 0 Å². The summed E-state index contributed by atoms with van der Waals surface area (Å²) in [5.41, 5.74) is 0.0683. The first-order valence-electron chi connectivity index (χ1n) is 4.74. The van der Waals surface area contributed by atoms with E-state index in [1.165, 1.54) is 12.4 Å². The van der Waals surface area contributed by atoms with Gasteiger partial charge in [-0.25, -0.2) is 14.8 Å². The summed E-state index contributed by atoms with van der Waals surface area (Å²) >= 11 is 5.23. The number of aromatic carboxylic acids is 1. The Balaban J connectivity index is 2.41. The van der Waals surface area contributed by atoms with Gasteiger partial charge in [0.1, 0.15) is 17.6 Å². The van der Waals surface area contributed by atoms with Crippen molar-refractivity contribution in [3.8, 4) is 11.6 Å². The average molecular weight is 421 g/mol. The largest absolute Gasteiger partial charge is 0.478 e. The molecular formula is C11H6BrIN2O3. The van der Waals surface area contributed by atoms with Gasteiger partial charge in [-0.05, 0) is 40.8 Å². The predicted molar refractivity (Wildman–Crippen MR) is 75.9 cm³/mol. The van der Waals surface area contributed by atoms with Gasteiger partial charge in [0.05, 0.1) is 3.57 Å². The molecule has 18 heavy (non-hydrogen) atoms. The van der Waals surface area contributed by atoms with Crippen molar-refractivity contribution in [1.82, 2.24) is 9.97 Å². The third-order valence-electron chi connectivity index (χ3n) is 2.01. The van der Waals surface area contributed by atoms with E-state index in [-0.39, 0.29) is 11.3 Å². The van der Waals surface area contributed by atoms with Gasteiger partial charge in [0, 0.05) is 10.7 Å². The molecule has 0 atom stereocenters. The van der Waals surface area contributed by atoms with Crippen molar-refractivity contribution in [2.75, 3.05) is 0 Å². The number of aromatic nitrogens is 2. The second kappa shape index (κ2) is 5.61. The summed E-state index contributed by atoms with van der Waals surface area (Å²) in [4.78, 5) is 18.9. The molecular weight excluding hydrogens is 415 g/mol. The van der Waals surface area contributed by atoms with Crippen LogP contribution in [0.5, 0.6) is 11.6 Å². The van der Waals surface area contributed by atoms with Crippen LogP contribution >= 0.6 is 38.5 Å². The summed E-state index contributed by atoms with van der Waals surface area (Å²) in [6.07, 6.45) is 2.93. The number of halogens is 2. The SMILES string of the molecule is O=C(O)c1cc(Br)ccc1Oc1ncncc1I. The summed E-state index contributed by atoms with van der Waals surface area (Å²) in [7, 11) is 0. The van der Waals surface area contributed by atoms with Crippen molar-refractivity contribution in [1.29, 1.82) is 0 Å². The highest BCUT2D eigenvalue weighted by atomic mass is 127. The molecule has 1 aromatic heterocycles. The number of carboxylic acids is 1. The van der Waals surface area contributed by atoms with Gasteiger partial charge in [-0.1, -0.05) is 15.9 Å². The molecule has 0 aliphatic heterocycles. The van der Waals surface area contributed by atoms with E-state index in [0.29, 0.717) is 13.9 Å². The van der Waals surface area contributed by atoms with E-state index in [1.807, 2.05) is 22.6 Å². The van der Waals surface area contributed by atoms with E-state index in [9.17, 15) is 4.79 Å². The van der Waals surface area contributed by atoms with Crippen LogP contribution < -0.4 is 4.74 Å². The smallest absolute Gasteiger partial charge is 0.339 e. The van der Waals surface area contributed by atoms with E-state index in [0.717, 1.165) is 0 Å². The fourth-order valence-corrected chi connectivity index (χ4v) is 2.01. The van der Waals surface area contributed by atoms with Gasteiger partial charge in [0.15, 0.2) is 0 Å². The monoisotopic (exact) mass is 420 g/mol. The van der Waals surface area contributed by atoms with E-state index in [1.54, 1.807) is 18.3 Å². The van der Waals surface area contributed by atoms with Gasteiger partial charge in [-0.15, -0.1) is 0 Å². The van der Waals surface area contributed by atoms with Gasteiger partial charge in [0.2, 0.25) is 5.88 Å². The molecule has 0 radical (unpaired) electrons. The summed E-state index contributed by atoms with van der Waals surface area (Å²) in [5.74, 6) is -0.492. The van der Waals surface area contributed by atoms with Crippen LogP contribution in [0, 0.1) is 3.57 Å². The zero-order chi connectivity index (χ0) is 13.1. The van der Waals surface area contributed by atoms with Crippen LogP contribution in [0.4, 0.5) is 0 Å². The van der Waals surface area contributed by atoms with Gasteiger partial charge in [-0.2, -0.15) is 0 Å². The molecule has 1 aromatic carbocycles. The minimum absolute atomic E-state index is 0.0683. The topological polar surface area (TPSA) is 72.3 Å². The lowest BCUT2D eigenvalue weighted by Crippen LogP contribution is -2.01. The van der Waals surface area contributed by atoms with Gasteiger partial charge in [-0.3, -0.25) is 0 Å². The molecule has 0 bridgehead atoms. The van der Waals surface area contributed by atoms with Crippen molar-refractivity contribution in [3.63, 3.8) is 0 Å². The first-order valence-corrected chi connectivity index (χ1v) is 6.61. The number of nitrogens with zero attached hydrogens (tertiary/aromatic N) is 2. The number of rotatable bonds is 3. The molecule has 5 nitrogen and oxygen atoms in total. The Hall–Kier alpha value is -1.22. The number of benzene rings is 1. The number of carboxylic acid groups (broad SMARTS) is 1. The zero-order valence-electron chi connectivity index (χ0n) is 8.80. The maximum atomic E-state index is 11.1. The van der Waals surface area contributed by atoms with Crippen LogP contribution in [0.15, 0.2) is 35.2 Å². The average Bonchev–Trinajstić information content (AvgIpc) is 2.34. The fourth-order valence-electron chi connectivity index (χ4n) is 1.24. The summed E-state index contributed by atoms with van der Waals surface area (Å²) in [6, 6.07) is 4.76. The molecule has 0 saturated carbocycles. The lowest BCUT2D eigenvalue weighted by Gasteiger charge is -2.08. The first-order chi connectivity index (χ1) is 8.58. The van der Waals surface area contributed by atoms with E-state index in [2.05, 4.69) is 25.9 Å². The molecule has 1 N–H and O–H groups in total. The van der Waals surface area contributed by atoms with Crippen molar-refractivity contribution in [3.05, 3.63) is 44.3 Å². The minimum Gasteiger partial charge on any atom is -0.478 e. The third-order valence-corrected chi connectivity index (χ3v) is 3.25. The first kappa shape index (κ1) is 13.2. The third kappa shape index (κ3) is 2.96. The minimum atomic E-state index is -1.06. The number of ether oxygens (including phenoxy) is 1. The quantitative estimate of drug-likeness (QED) is 0.771.